The van der Waals surface area contributed by atoms with Crippen LogP contribution in [0.15, 0.2) is 84.9 Å². The summed E-state index contributed by atoms with van der Waals surface area (Å²) in [6.07, 6.45) is 1.64. The van der Waals surface area contributed by atoms with Crippen molar-refractivity contribution in [3.63, 3.8) is 0 Å². The standard InChI is InChI=1S/C24H18N2/c1-5-17-13-19(7-1)23-11-3-10-22(25-23)16-18-6-2-8-20(14-18)24-12-4-9-21(15-17)26-24/h1-14H,15-16H2. The van der Waals surface area contributed by atoms with E-state index in [0.29, 0.717) is 0 Å². The molecule has 0 amide bonds. The first-order valence-electron chi connectivity index (χ1n) is 8.94. The number of fused-ring (bicyclic) bond motifs is 10. The molecule has 0 saturated heterocycles. The number of benzene rings is 2. The monoisotopic (exact) mass is 334 g/mol. The lowest BCUT2D eigenvalue weighted by Gasteiger charge is -2.11. The van der Waals surface area contributed by atoms with E-state index in [0.717, 1.165) is 46.7 Å². The molecule has 8 bridgehead atoms. The normalized spacial score (nSPS) is 12.3. The van der Waals surface area contributed by atoms with E-state index in [9.17, 15) is 0 Å². The van der Waals surface area contributed by atoms with Crippen LogP contribution < -0.4 is 0 Å². The average Bonchev–Trinajstić information content (AvgIpc) is 2.68. The second-order valence-corrected chi connectivity index (χ2v) is 6.78. The minimum atomic E-state index is 0.820. The minimum absolute atomic E-state index is 0.820. The molecule has 0 spiro atoms. The van der Waals surface area contributed by atoms with E-state index < -0.39 is 0 Å². The van der Waals surface area contributed by atoms with Gasteiger partial charge in [0.05, 0.1) is 11.4 Å². The van der Waals surface area contributed by atoms with Crippen molar-refractivity contribution in [2.24, 2.45) is 0 Å². The molecule has 0 atom stereocenters. The summed E-state index contributed by atoms with van der Waals surface area (Å²) in [6.45, 7) is 0. The number of hydrogen-bond donors (Lipinski definition) is 0. The van der Waals surface area contributed by atoms with Gasteiger partial charge in [-0.3, -0.25) is 9.97 Å². The van der Waals surface area contributed by atoms with E-state index in [2.05, 4.69) is 84.9 Å². The van der Waals surface area contributed by atoms with E-state index in [1.165, 1.54) is 11.1 Å². The van der Waals surface area contributed by atoms with Gasteiger partial charge in [0.2, 0.25) is 0 Å². The zero-order chi connectivity index (χ0) is 17.3. The van der Waals surface area contributed by atoms with Gasteiger partial charge in [-0.05, 0) is 47.5 Å². The van der Waals surface area contributed by atoms with Crippen LogP contribution in [0.25, 0.3) is 22.5 Å². The van der Waals surface area contributed by atoms with Gasteiger partial charge in [0, 0.05) is 35.4 Å². The molecule has 3 heterocycles. The summed E-state index contributed by atoms with van der Waals surface area (Å²) in [5, 5.41) is 0. The summed E-state index contributed by atoms with van der Waals surface area (Å²) in [5.74, 6) is 0. The SMILES string of the molecule is c1cc2cc(c1)-c1cccc(n1)Cc1cccc(c1)-c1cccc(n1)C2. The van der Waals surface area contributed by atoms with Gasteiger partial charge < -0.3 is 0 Å². The Hall–Kier alpha value is -3.26. The smallest absolute Gasteiger partial charge is 0.0705 e. The summed E-state index contributed by atoms with van der Waals surface area (Å²) in [5.41, 5.74) is 9.05. The molecule has 2 heteroatoms. The van der Waals surface area contributed by atoms with Crippen LogP contribution in [-0.4, -0.2) is 9.97 Å². The number of rotatable bonds is 0. The molecule has 1 aliphatic heterocycles. The lowest BCUT2D eigenvalue weighted by Crippen LogP contribution is -1.98. The van der Waals surface area contributed by atoms with E-state index >= 15 is 0 Å². The van der Waals surface area contributed by atoms with Crippen LogP contribution in [0.1, 0.15) is 22.5 Å². The molecule has 1 aliphatic rings. The molecule has 124 valence electrons. The largest absolute Gasteiger partial charge is 0.252 e. The van der Waals surface area contributed by atoms with Gasteiger partial charge in [0.1, 0.15) is 0 Å². The number of hydrogen-bond acceptors (Lipinski definition) is 2. The van der Waals surface area contributed by atoms with E-state index in [-0.39, 0.29) is 0 Å². The fourth-order valence-corrected chi connectivity index (χ4v) is 3.58. The molecule has 0 fully saturated rings. The van der Waals surface area contributed by atoms with Crippen molar-refractivity contribution in [1.82, 2.24) is 9.97 Å². The van der Waals surface area contributed by atoms with Crippen molar-refractivity contribution < 1.29 is 0 Å². The molecule has 0 radical (unpaired) electrons. The molecule has 0 saturated carbocycles. The molecule has 26 heavy (non-hydrogen) atoms. The predicted molar refractivity (Wildman–Crippen MR) is 105 cm³/mol. The summed E-state index contributed by atoms with van der Waals surface area (Å²) in [7, 11) is 0. The van der Waals surface area contributed by atoms with Gasteiger partial charge in [0.25, 0.3) is 0 Å². The Bertz CT molecular complexity index is 922. The highest BCUT2D eigenvalue weighted by Gasteiger charge is 2.08. The van der Waals surface area contributed by atoms with Crippen LogP contribution in [0.3, 0.4) is 0 Å². The maximum Gasteiger partial charge on any atom is 0.0705 e. The highest BCUT2D eigenvalue weighted by atomic mass is 14.7. The Morgan fingerprint density at radius 1 is 0.500 bits per heavy atom. The predicted octanol–water partition coefficient (Wildman–Crippen LogP) is 5.31. The van der Waals surface area contributed by atoms with Crippen molar-refractivity contribution >= 4 is 0 Å². The zero-order valence-electron chi connectivity index (χ0n) is 14.4. The van der Waals surface area contributed by atoms with Gasteiger partial charge >= 0.3 is 0 Å². The molecule has 0 unspecified atom stereocenters. The molecular formula is C24H18N2. The Balaban J connectivity index is 1.73. The maximum absolute atomic E-state index is 4.90. The Kier molecular flexibility index (Phi) is 3.60. The summed E-state index contributed by atoms with van der Waals surface area (Å²) in [6, 6.07) is 29.8. The van der Waals surface area contributed by atoms with Crippen molar-refractivity contribution in [2.45, 2.75) is 12.8 Å². The lowest BCUT2D eigenvalue weighted by molar-refractivity contribution is 1.06. The summed E-state index contributed by atoms with van der Waals surface area (Å²) >= 11 is 0. The Morgan fingerprint density at radius 2 is 0.962 bits per heavy atom. The number of aromatic nitrogens is 2. The van der Waals surface area contributed by atoms with Crippen LogP contribution >= 0.6 is 0 Å². The third kappa shape index (κ3) is 2.91. The first-order chi connectivity index (χ1) is 12.8. The number of pyridine rings is 2. The number of nitrogens with zero attached hydrogens (tertiary/aromatic N) is 2. The minimum Gasteiger partial charge on any atom is -0.252 e. The van der Waals surface area contributed by atoms with Crippen molar-refractivity contribution in [2.75, 3.05) is 0 Å². The molecule has 0 aliphatic carbocycles. The Morgan fingerprint density at radius 3 is 1.46 bits per heavy atom. The first kappa shape index (κ1) is 15.0. The van der Waals surface area contributed by atoms with Gasteiger partial charge in [0.15, 0.2) is 0 Å². The molecule has 2 nitrogen and oxygen atoms in total. The second kappa shape index (κ2) is 6.23. The van der Waals surface area contributed by atoms with Gasteiger partial charge in [-0.25, -0.2) is 0 Å². The third-order valence-corrected chi connectivity index (χ3v) is 4.83. The molecule has 2 aromatic carbocycles. The maximum atomic E-state index is 4.90. The molecular weight excluding hydrogens is 316 g/mol. The van der Waals surface area contributed by atoms with Gasteiger partial charge in [-0.15, -0.1) is 0 Å². The quantitative estimate of drug-likeness (QED) is 0.384. The van der Waals surface area contributed by atoms with Gasteiger partial charge in [-0.2, -0.15) is 0 Å². The second-order valence-electron chi connectivity index (χ2n) is 6.78. The van der Waals surface area contributed by atoms with Crippen molar-refractivity contribution in [3.8, 4) is 22.5 Å². The molecule has 0 N–H and O–H groups in total. The van der Waals surface area contributed by atoms with Crippen LogP contribution in [-0.2, 0) is 12.8 Å². The molecule has 2 aromatic heterocycles. The fraction of sp³-hybridized carbons (Fsp3) is 0.0833. The summed E-state index contributed by atoms with van der Waals surface area (Å²) in [4.78, 5) is 9.80. The average molecular weight is 334 g/mol. The van der Waals surface area contributed by atoms with Gasteiger partial charge in [-0.1, -0.05) is 48.5 Å². The van der Waals surface area contributed by atoms with E-state index in [4.69, 9.17) is 9.97 Å². The van der Waals surface area contributed by atoms with Crippen LogP contribution in [0, 0.1) is 0 Å². The highest BCUT2D eigenvalue weighted by molar-refractivity contribution is 5.62. The van der Waals surface area contributed by atoms with Crippen LogP contribution in [0.4, 0.5) is 0 Å². The highest BCUT2D eigenvalue weighted by Crippen LogP contribution is 2.24. The topological polar surface area (TPSA) is 25.8 Å². The van der Waals surface area contributed by atoms with Crippen LogP contribution in [0.2, 0.25) is 0 Å². The zero-order valence-corrected chi connectivity index (χ0v) is 14.4. The van der Waals surface area contributed by atoms with Crippen molar-refractivity contribution in [3.05, 3.63) is 107 Å². The Labute approximate surface area is 153 Å². The van der Waals surface area contributed by atoms with Crippen molar-refractivity contribution in [1.29, 1.82) is 0 Å². The van der Waals surface area contributed by atoms with E-state index in [1.807, 2.05) is 0 Å². The van der Waals surface area contributed by atoms with E-state index in [1.54, 1.807) is 0 Å². The third-order valence-electron chi connectivity index (χ3n) is 4.83. The first-order valence-corrected chi connectivity index (χ1v) is 8.94. The molecule has 5 rings (SSSR count). The molecule has 4 aromatic rings. The summed E-state index contributed by atoms with van der Waals surface area (Å²) < 4.78 is 0. The lowest BCUT2D eigenvalue weighted by atomic mass is 10.0. The fourth-order valence-electron chi connectivity index (χ4n) is 3.58. The van der Waals surface area contributed by atoms with Crippen LogP contribution in [0.5, 0.6) is 0 Å².